The Balaban J connectivity index is 3.21. The molecular formula is C10H12BrNOSi. The highest BCUT2D eigenvalue weighted by atomic mass is 79.9. The minimum atomic E-state index is -1.74. The summed E-state index contributed by atoms with van der Waals surface area (Å²) >= 11 is 3.31. The quantitative estimate of drug-likeness (QED) is 0.832. The van der Waals surface area contributed by atoms with Gasteiger partial charge in [0.1, 0.15) is 14.1 Å². The lowest BCUT2D eigenvalue weighted by molar-refractivity contribution is 0.360. The maximum absolute atomic E-state index is 9.25. The molecule has 0 amide bonds. The van der Waals surface area contributed by atoms with Crippen LogP contribution in [0.5, 0.6) is 0 Å². The van der Waals surface area contributed by atoms with Crippen LogP contribution in [0.15, 0.2) is 22.7 Å². The molecule has 1 aromatic rings. The third-order valence-electron chi connectivity index (χ3n) is 2.26. The topological polar surface area (TPSA) is 44.0 Å². The summed E-state index contributed by atoms with van der Waals surface area (Å²) in [6, 6.07) is 7.85. The highest BCUT2D eigenvalue weighted by molar-refractivity contribution is 9.10. The number of nitriles is 1. The molecule has 0 aliphatic rings. The van der Waals surface area contributed by atoms with Crippen molar-refractivity contribution in [3.63, 3.8) is 0 Å². The fourth-order valence-corrected chi connectivity index (χ4v) is 2.71. The van der Waals surface area contributed by atoms with Crippen LogP contribution < -0.4 is 5.19 Å². The van der Waals surface area contributed by atoms with Crippen LogP contribution in [0, 0.1) is 11.3 Å². The van der Waals surface area contributed by atoms with Gasteiger partial charge in [-0.2, -0.15) is 5.26 Å². The smallest absolute Gasteiger partial charge is 0.109 e. The van der Waals surface area contributed by atoms with Crippen molar-refractivity contribution in [3.8, 4) is 6.07 Å². The van der Waals surface area contributed by atoms with E-state index < -0.39 is 8.07 Å². The molecule has 0 heterocycles. The highest BCUT2D eigenvalue weighted by Gasteiger charge is 2.22. The van der Waals surface area contributed by atoms with Gasteiger partial charge >= 0.3 is 0 Å². The summed E-state index contributed by atoms with van der Waals surface area (Å²) in [5.74, 6) is 0. The molecule has 1 rings (SSSR count). The molecule has 1 N–H and O–H groups in total. The van der Waals surface area contributed by atoms with Crippen LogP contribution in [0.1, 0.15) is 5.56 Å². The first-order valence-electron chi connectivity index (χ1n) is 4.32. The van der Waals surface area contributed by atoms with Crippen molar-refractivity contribution in [1.82, 2.24) is 0 Å². The van der Waals surface area contributed by atoms with Crippen molar-refractivity contribution in [1.29, 1.82) is 5.26 Å². The van der Waals surface area contributed by atoms with E-state index in [2.05, 4.69) is 35.1 Å². The molecule has 0 radical (unpaired) electrons. The van der Waals surface area contributed by atoms with Crippen LogP contribution in [-0.4, -0.2) is 19.4 Å². The molecule has 0 bridgehead atoms. The van der Waals surface area contributed by atoms with E-state index >= 15 is 0 Å². The lowest BCUT2D eigenvalue weighted by atomic mass is 10.2. The van der Waals surface area contributed by atoms with Gasteiger partial charge in [-0.15, -0.1) is 0 Å². The van der Waals surface area contributed by atoms with Crippen LogP contribution in [0.3, 0.4) is 0 Å². The summed E-state index contributed by atoms with van der Waals surface area (Å²) in [5, 5.41) is 19.2. The minimum absolute atomic E-state index is 0.208. The predicted octanol–water partition coefficient (Wildman–Crippen LogP) is 1.77. The first-order valence-corrected chi connectivity index (χ1v) is 8.32. The lowest BCUT2D eigenvalue weighted by Crippen LogP contribution is -2.45. The molecule has 4 heteroatoms. The first-order chi connectivity index (χ1) is 6.51. The Hall–Kier alpha value is -0.633. The van der Waals surface area contributed by atoms with Gasteiger partial charge in [-0.25, -0.2) is 0 Å². The van der Waals surface area contributed by atoms with E-state index in [1.165, 1.54) is 0 Å². The standard InChI is InChI=1S/C10H12BrNOSi/c1-14(2,7-13)9-3-4-10(11)8(5-9)6-12/h3-5,13H,7H2,1-2H3. The summed E-state index contributed by atoms with van der Waals surface area (Å²) in [5.41, 5.74) is 0.636. The fourth-order valence-electron chi connectivity index (χ4n) is 1.12. The van der Waals surface area contributed by atoms with Gasteiger partial charge in [0, 0.05) is 10.7 Å². The van der Waals surface area contributed by atoms with Crippen LogP contribution in [0.4, 0.5) is 0 Å². The number of hydrogen-bond acceptors (Lipinski definition) is 2. The third-order valence-corrected chi connectivity index (χ3v) is 5.62. The second-order valence-corrected chi connectivity index (χ2v) is 9.36. The third kappa shape index (κ3) is 2.24. The average molecular weight is 270 g/mol. The molecule has 2 nitrogen and oxygen atoms in total. The van der Waals surface area contributed by atoms with Gasteiger partial charge in [0.05, 0.1) is 5.56 Å². The molecule has 0 aromatic heterocycles. The summed E-state index contributed by atoms with van der Waals surface area (Å²) < 4.78 is 0.812. The van der Waals surface area contributed by atoms with Gasteiger partial charge in [-0.05, 0) is 28.1 Å². The Kier molecular flexibility index (Phi) is 3.48. The molecule has 0 saturated carbocycles. The Morgan fingerprint density at radius 3 is 2.64 bits per heavy atom. The number of halogens is 1. The van der Waals surface area contributed by atoms with Crippen molar-refractivity contribution in [2.75, 3.05) is 6.23 Å². The predicted molar refractivity (Wildman–Crippen MR) is 63.1 cm³/mol. The number of aliphatic hydroxyl groups excluding tert-OH is 1. The molecule has 1 aromatic carbocycles. The molecular weight excluding hydrogens is 258 g/mol. The van der Waals surface area contributed by atoms with Crippen molar-refractivity contribution in [2.45, 2.75) is 13.1 Å². The number of hydrogen-bond donors (Lipinski definition) is 1. The van der Waals surface area contributed by atoms with E-state index in [9.17, 15) is 5.11 Å². The Morgan fingerprint density at radius 1 is 1.50 bits per heavy atom. The van der Waals surface area contributed by atoms with Crippen LogP contribution in [0.25, 0.3) is 0 Å². The number of benzene rings is 1. The molecule has 74 valence electrons. The summed E-state index contributed by atoms with van der Waals surface area (Å²) in [6.45, 7) is 4.16. The molecule has 0 aliphatic carbocycles. The number of aliphatic hydroxyl groups is 1. The molecule has 0 atom stereocenters. The van der Waals surface area contributed by atoms with Crippen LogP contribution in [-0.2, 0) is 0 Å². The summed E-state index contributed by atoms with van der Waals surface area (Å²) in [7, 11) is -1.74. The lowest BCUT2D eigenvalue weighted by Gasteiger charge is -2.19. The Morgan fingerprint density at radius 2 is 2.14 bits per heavy atom. The fraction of sp³-hybridized carbons (Fsp3) is 0.300. The van der Waals surface area contributed by atoms with Gasteiger partial charge in [0.25, 0.3) is 0 Å². The molecule has 0 unspecified atom stereocenters. The van der Waals surface area contributed by atoms with Crippen molar-refractivity contribution >= 4 is 29.2 Å². The molecule has 0 fully saturated rings. The Labute approximate surface area is 93.3 Å². The average Bonchev–Trinajstić information content (AvgIpc) is 2.18. The zero-order chi connectivity index (χ0) is 10.8. The zero-order valence-electron chi connectivity index (χ0n) is 8.21. The van der Waals surface area contributed by atoms with Gasteiger partial charge < -0.3 is 5.11 Å². The normalized spacial score (nSPS) is 11.1. The van der Waals surface area contributed by atoms with E-state index in [0.717, 1.165) is 9.66 Å². The van der Waals surface area contributed by atoms with Gasteiger partial charge in [0.15, 0.2) is 0 Å². The summed E-state index contributed by atoms with van der Waals surface area (Å²) in [6.07, 6.45) is 0.208. The van der Waals surface area contributed by atoms with Gasteiger partial charge in [-0.3, -0.25) is 0 Å². The number of nitrogens with zero attached hydrogens (tertiary/aromatic N) is 1. The molecule has 0 spiro atoms. The summed E-state index contributed by atoms with van der Waals surface area (Å²) in [4.78, 5) is 0. The van der Waals surface area contributed by atoms with Crippen LogP contribution in [0.2, 0.25) is 13.1 Å². The largest absolute Gasteiger partial charge is 0.399 e. The van der Waals surface area contributed by atoms with Crippen molar-refractivity contribution in [3.05, 3.63) is 28.2 Å². The van der Waals surface area contributed by atoms with E-state index in [1.54, 1.807) is 0 Å². The maximum atomic E-state index is 9.25. The van der Waals surface area contributed by atoms with Crippen molar-refractivity contribution < 1.29 is 5.11 Å². The monoisotopic (exact) mass is 269 g/mol. The molecule has 0 aliphatic heterocycles. The van der Waals surface area contributed by atoms with Crippen molar-refractivity contribution in [2.24, 2.45) is 0 Å². The molecule has 14 heavy (non-hydrogen) atoms. The SMILES string of the molecule is C[Si](C)(CO)c1ccc(Br)c(C#N)c1. The maximum Gasteiger partial charge on any atom is 0.109 e. The van der Waals surface area contributed by atoms with E-state index in [0.29, 0.717) is 5.56 Å². The van der Waals surface area contributed by atoms with E-state index in [4.69, 9.17) is 5.26 Å². The minimum Gasteiger partial charge on any atom is -0.399 e. The highest BCUT2D eigenvalue weighted by Crippen LogP contribution is 2.15. The molecule has 0 saturated heterocycles. The van der Waals surface area contributed by atoms with Gasteiger partial charge in [0.2, 0.25) is 0 Å². The van der Waals surface area contributed by atoms with Crippen LogP contribution >= 0.6 is 15.9 Å². The second-order valence-electron chi connectivity index (χ2n) is 3.85. The zero-order valence-corrected chi connectivity index (χ0v) is 10.8. The Bertz CT molecular complexity index is 384. The first kappa shape index (κ1) is 11.4. The number of rotatable bonds is 2. The van der Waals surface area contributed by atoms with E-state index in [-0.39, 0.29) is 6.23 Å². The van der Waals surface area contributed by atoms with E-state index in [1.807, 2.05) is 18.2 Å². The van der Waals surface area contributed by atoms with Gasteiger partial charge in [-0.1, -0.05) is 24.3 Å². The second kappa shape index (κ2) is 4.26.